The Bertz CT molecular complexity index is 1530. The number of nitrogens with one attached hydrogen (secondary N) is 1. The van der Waals surface area contributed by atoms with Crippen molar-refractivity contribution in [1.29, 1.82) is 0 Å². The average molecular weight is 480 g/mol. The summed E-state index contributed by atoms with van der Waals surface area (Å²) in [6.45, 7) is 3.62. The number of thiazole rings is 1. The minimum absolute atomic E-state index is 0.189. The van der Waals surface area contributed by atoms with E-state index >= 15 is 0 Å². The number of allylic oxidation sites excluding steroid dienone is 1. The fraction of sp³-hybridized carbons (Fsp3) is 0.167. The lowest BCUT2D eigenvalue weighted by Crippen LogP contribution is -2.40. The molecule has 0 unspecified atom stereocenters. The summed E-state index contributed by atoms with van der Waals surface area (Å²) in [6, 6.07) is 13.4. The van der Waals surface area contributed by atoms with Gasteiger partial charge in [0.05, 0.1) is 29.5 Å². The van der Waals surface area contributed by atoms with Crippen LogP contribution < -0.4 is 20.2 Å². The van der Waals surface area contributed by atoms with Gasteiger partial charge in [-0.1, -0.05) is 53.3 Å². The first-order valence-corrected chi connectivity index (χ1v) is 11.5. The van der Waals surface area contributed by atoms with Gasteiger partial charge >= 0.3 is 5.97 Å². The third-order valence-corrected chi connectivity index (χ3v) is 6.88. The molecule has 0 saturated heterocycles. The Hall–Kier alpha value is -3.49. The lowest BCUT2D eigenvalue weighted by Gasteiger charge is -2.24. The Morgan fingerprint density at radius 3 is 2.64 bits per heavy atom. The van der Waals surface area contributed by atoms with Crippen LogP contribution in [0, 0.1) is 0 Å². The third kappa shape index (κ3) is 3.42. The van der Waals surface area contributed by atoms with Gasteiger partial charge < -0.3 is 10.1 Å². The molecule has 0 saturated carbocycles. The summed E-state index contributed by atoms with van der Waals surface area (Å²) in [5, 5.41) is 3.34. The van der Waals surface area contributed by atoms with Crippen LogP contribution in [0.15, 0.2) is 69.6 Å². The Morgan fingerprint density at radius 1 is 1.18 bits per heavy atom. The molecule has 0 spiro atoms. The van der Waals surface area contributed by atoms with Gasteiger partial charge in [-0.15, -0.1) is 0 Å². The fourth-order valence-corrected chi connectivity index (χ4v) is 5.41. The molecule has 9 heteroatoms. The van der Waals surface area contributed by atoms with Gasteiger partial charge in [-0.05, 0) is 37.6 Å². The van der Waals surface area contributed by atoms with E-state index in [1.807, 2.05) is 12.1 Å². The number of amides is 1. The first kappa shape index (κ1) is 21.4. The Labute approximate surface area is 197 Å². The molecule has 7 nitrogen and oxygen atoms in total. The Morgan fingerprint density at radius 2 is 1.91 bits per heavy atom. The summed E-state index contributed by atoms with van der Waals surface area (Å²) in [4.78, 5) is 44.4. The SMILES string of the molecule is CCOC(=O)C1=C(C)N=c2s/c(=C3/C(=O)Nc4ccccc43)c(=O)n2[C@H]1c1ccc(Cl)cc1. The van der Waals surface area contributed by atoms with Crippen molar-refractivity contribution in [2.24, 2.45) is 4.99 Å². The summed E-state index contributed by atoms with van der Waals surface area (Å²) in [5.41, 5.74) is 2.66. The number of carbonyl (C=O) groups is 2. The summed E-state index contributed by atoms with van der Waals surface area (Å²) in [6.07, 6.45) is 0. The highest BCUT2D eigenvalue weighted by atomic mass is 35.5. The van der Waals surface area contributed by atoms with E-state index in [-0.39, 0.29) is 22.6 Å². The van der Waals surface area contributed by atoms with Crippen molar-refractivity contribution >= 4 is 46.1 Å². The highest BCUT2D eigenvalue weighted by Gasteiger charge is 2.35. The first-order valence-electron chi connectivity index (χ1n) is 10.3. The molecule has 1 amide bonds. The standard InChI is InChI=1S/C24H18ClN3O4S/c1-3-32-23(31)17-12(2)26-24-28(19(17)13-8-10-14(25)11-9-13)22(30)20(33-24)18-15-6-4-5-7-16(15)27-21(18)29/h4-11,19H,3H2,1-2H3,(H,27,29)/b20-18+/t19-/m0/s1. The first-order chi connectivity index (χ1) is 15.9. The van der Waals surface area contributed by atoms with Gasteiger partial charge in [-0.3, -0.25) is 14.2 Å². The number of esters is 1. The zero-order chi connectivity index (χ0) is 23.3. The van der Waals surface area contributed by atoms with Gasteiger partial charge in [0.2, 0.25) is 0 Å². The lowest BCUT2D eigenvalue weighted by molar-refractivity contribution is -0.139. The van der Waals surface area contributed by atoms with Crippen LogP contribution in [0.1, 0.15) is 31.0 Å². The third-order valence-electron chi connectivity index (χ3n) is 5.58. The van der Waals surface area contributed by atoms with Crippen LogP contribution >= 0.6 is 22.9 Å². The van der Waals surface area contributed by atoms with Crippen molar-refractivity contribution in [3.05, 3.63) is 95.6 Å². The Kier molecular flexibility index (Phi) is 5.26. The van der Waals surface area contributed by atoms with Crippen LogP contribution in [-0.2, 0) is 14.3 Å². The van der Waals surface area contributed by atoms with Crippen molar-refractivity contribution in [3.63, 3.8) is 0 Å². The molecule has 33 heavy (non-hydrogen) atoms. The molecule has 1 N–H and O–H groups in total. The summed E-state index contributed by atoms with van der Waals surface area (Å²) in [7, 11) is 0. The molecular weight excluding hydrogens is 462 g/mol. The van der Waals surface area contributed by atoms with Crippen molar-refractivity contribution < 1.29 is 14.3 Å². The molecule has 0 aliphatic carbocycles. The van der Waals surface area contributed by atoms with Gasteiger partial charge in [-0.2, -0.15) is 0 Å². The average Bonchev–Trinajstić information content (AvgIpc) is 3.28. The molecule has 2 aromatic carbocycles. The van der Waals surface area contributed by atoms with Gasteiger partial charge in [0.25, 0.3) is 11.5 Å². The van der Waals surface area contributed by atoms with E-state index in [1.165, 1.54) is 4.57 Å². The van der Waals surface area contributed by atoms with Gasteiger partial charge in [-0.25, -0.2) is 9.79 Å². The molecule has 0 bridgehead atoms. The molecule has 0 fully saturated rings. The number of para-hydroxylation sites is 1. The summed E-state index contributed by atoms with van der Waals surface area (Å²) < 4.78 is 7.02. The molecule has 1 aromatic heterocycles. The highest BCUT2D eigenvalue weighted by Crippen LogP contribution is 2.32. The van der Waals surface area contributed by atoms with E-state index in [2.05, 4.69) is 10.3 Å². The van der Waals surface area contributed by atoms with Crippen LogP contribution in [0.2, 0.25) is 5.02 Å². The second-order valence-corrected chi connectivity index (χ2v) is 8.96. The van der Waals surface area contributed by atoms with Crippen LogP contribution in [0.25, 0.3) is 5.57 Å². The van der Waals surface area contributed by atoms with Crippen LogP contribution in [0.4, 0.5) is 5.69 Å². The minimum atomic E-state index is -0.758. The molecule has 2 aliphatic rings. The molecule has 3 heterocycles. The molecule has 5 rings (SSSR count). The number of nitrogens with zero attached hydrogens (tertiary/aromatic N) is 2. The number of ether oxygens (including phenoxy) is 1. The smallest absolute Gasteiger partial charge is 0.338 e. The van der Waals surface area contributed by atoms with E-state index in [0.29, 0.717) is 37.9 Å². The van der Waals surface area contributed by atoms with E-state index < -0.39 is 17.6 Å². The number of carbonyl (C=O) groups excluding carboxylic acids is 2. The molecule has 3 aromatic rings. The Balaban J connectivity index is 1.82. The number of halogens is 1. The largest absolute Gasteiger partial charge is 0.463 e. The zero-order valence-electron chi connectivity index (χ0n) is 17.7. The molecule has 2 aliphatic heterocycles. The predicted molar refractivity (Wildman–Crippen MR) is 126 cm³/mol. The highest BCUT2D eigenvalue weighted by molar-refractivity contribution is 7.07. The quantitative estimate of drug-likeness (QED) is 0.585. The monoisotopic (exact) mass is 479 g/mol. The number of fused-ring (bicyclic) bond motifs is 2. The number of benzene rings is 2. The molecule has 166 valence electrons. The summed E-state index contributed by atoms with van der Waals surface area (Å²) in [5.74, 6) is -0.883. The number of rotatable bonds is 3. The van der Waals surface area contributed by atoms with E-state index in [9.17, 15) is 14.4 Å². The second kappa shape index (κ2) is 8.13. The molecule has 1 atom stereocenters. The number of hydrogen-bond acceptors (Lipinski definition) is 6. The van der Waals surface area contributed by atoms with Gasteiger partial charge in [0.15, 0.2) is 4.80 Å². The maximum absolute atomic E-state index is 13.8. The van der Waals surface area contributed by atoms with Gasteiger partial charge in [0.1, 0.15) is 4.53 Å². The molecule has 0 radical (unpaired) electrons. The second-order valence-electron chi connectivity index (χ2n) is 7.55. The van der Waals surface area contributed by atoms with Crippen LogP contribution in [0.3, 0.4) is 0 Å². The zero-order valence-corrected chi connectivity index (χ0v) is 19.3. The van der Waals surface area contributed by atoms with Crippen molar-refractivity contribution in [1.82, 2.24) is 4.57 Å². The van der Waals surface area contributed by atoms with E-state index in [0.717, 1.165) is 11.3 Å². The molecular formula is C24H18ClN3O4S. The maximum Gasteiger partial charge on any atom is 0.338 e. The lowest BCUT2D eigenvalue weighted by atomic mass is 9.96. The van der Waals surface area contributed by atoms with Crippen molar-refractivity contribution in [2.45, 2.75) is 19.9 Å². The number of hydrogen-bond donors (Lipinski definition) is 1. The van der Waals surface area contributed by atoms with Crippen LogP contribution in [-0.4, -0.2) is 23.1 Å². The topological polar surface area (TPSA) is 89.8 Å². The normalized spacial score (nSPS) is 18.4. The maximum atomic E-state index is 13.8. The number of anilines is 1. The summed E-state index contributed by atoms with van der Waals surface area (Å²) >= 11 is 7.21. The van der Waals surface area contributed by atoms with Crippen molar-refractivity contribution in [2.75, 3.05) is 11.9 Å². The van der Waals surface area contributed by atoms with Crippen molar-refractivity contribution in [3.8, 4) is 0 Å². The van der Waals surface area contributed by atoms with E-state index in [1.54, 1.807) is 50.2 Å². The minimum Gasteiger partial charge on any atom is -0.463 e. The van der Waals surface area contributed by atoms with Crippen LogP contribution in [0.5, 0.6) is 0 Å². The van der Waals surface area contributed by atoms with E-state index in [4.69, 9.17) is 16.3 Å². The van der Waals surface area contributed by atoms with Gasteiger partial charge in [0, 0.05) is 16.3 Å². The predicted octanol–water partition coefficient (Wildman–Crippen LogP) is 2.77. The number of aromatic nitrogens is 1. The fourth-order valence-electron chi connectivity index (χ4n) is 4.15.